The Morgan fingerprint density at radius 3 is 2.38 bits per heavy atom. The van der Waals surface area contributed by atoms with Crippen LogP contribution in [0.5, 0.6) is 0 Å². The zero-order chi connectivity index (χ0) is 27.4. The van der Waals surface area contributed by atoms with Crippen molar-refractivity contribution in [2.24, 2.45) is 0 Å². The SMILES string of the molecule is CC1(O)CCN(C(=O)C[C@@H]2CCc3cc(C(C)(O)C(F)(F)F)ccc3N2S(=O)(=O)c2ccc(F)cc2)C1. The van der Waals surface area contributed by atoms with E-state index in [2.05, 4.69) is 0 Å². The minimum Gasteiger partial charge on any atom is -0.388 e. The molecular formula is C25H28F4N2O5S. The molecule has 0 aliphatic carbocycles. The predicted octanol–water partition coefficient (Wildman–Crippen LogP) is 3.48. The number of β-amino-alcohol motifs (C(OH)–C–C–N with tert-alkyl or cyclic N) is 1. The highest BCUT2D eigenvalue weighted by Crippen LogP contribution is 2.43. The molecule has 2 aliphatic rings. The van der Waals surface area contributed by atoms with Gasteiger partial charge in [0.2, 0.25) is 5.91 Å². The van der Waals surface area contributed by atoms with Crippen molar-refractivity contribution in [3.8, 4) is 0 Å². The van der Waals surface area contributed by atoms with E-state index < -0.39 is 44.8 Å². The fourth-order valence-electron chi connectivity index (χ4n) is 4.82. The fraction of sp³-hybridized carbons (Fsp3) is 0.480. The van der Waals surface area contributed by atoms with Gasteiger partial charge in [-0.25, -0.2) is 12.8 Å². The number of halogens is 4. The minimum absolute atomic E-state index is 0.0866. The molecule has 0 saturated carbocycles. The molecule has 0 bridgehead atoms. The molecule has 2 aliphatic heterocycles. The molecule has 0 radical (unpaired) electrons. The molecular weight excluding hydrogens is 516 g/mol. The van der Waals surface area contributed by atoms with Gasteiger partial charge in [-0.2, -0.15) is 13.2 Å². The van der Waals surface area contributed by atoms with Gasteiger partial charge in [-0.15, -0.1) is 0 Å². The smallest absolute Gasteiger partial charge is 0.388 e. The fourth-order valence-corrected chi connectivity index (χ4v) is 6.54. The second-order valence-electron chi connectivity index (χ2n) is 10.1. The number of likely N-dealkylation sites (tertiary alicyclic amines) is 1. The lowest BCUT2D eigenvalue weighted by Gasteiger charge is -2.39. The second kappa shape index (κ2) is 9.25. The van der Waals surface area contributed by atoms with Gasteiger partial charge in [0.15, 0.2) is 5.60 Å². The second-order valence-corrected chi connectivity index (χ2v) is 11.9. The Labute approximate surface area is 212 Å². The van der Waals surface area contributed by atoms with Gasteiger partial charge in [-0.1, -0.05) is 12.1 Å². The lowest BCUT2D eigenvalue weighted by Crippen LogP contribution is -2.47. The number of aryl methyl sites for hydroxylation is 1. The van der Waals surface area contributed by atoms with Gasteiger partial charge >= 0.3 is 6.18 Å². The molecule has 37 heavy (non-hydrogen) atoms. The van der Waals surface area contributed by atoms with Crippen LogP contribution < -0.4 is 4.31 Å². The molecule has 2 aromatic rings. The van der Waals surface area contributed by atoms with Gasteiger partial charge in [0.05, 0.1) is 22.2 Å². The van der Waals surface area contributed by atoms with Crippen LogP contribution in [0.25, 0.3) is 0 Å². The van der Waals surface area contributed by atoms with Crippen molar-refractivity contribution >= 4 is 21.6 Å². The molecule has 1 saturated heterocycles. The lowest BCUT2D eigenvalue weighted by atomic mass is 9.89. The van der Waals surface area contributed by atoms with E-state index in [1.807, 2.05) is 0 Å². The van der Waals surface area contributed by atoms with E-state index in [0.29, 0.717) is 19.9 Å². The van der Waals surface area contributed by atoms with E-state index in [-0.39, 0.29) is 47.9 Å². The van der Waals surface area contributed by atoms with Crippen molar-refractivity contribution in [1.29, 1.82) is 0 Å². The summed E-state index contributed by atoms with van der Waals surface area (Å²) in [5.74, 6) is -1.01. The summed E-state index contributed by atoms with van der Waals surface area (Å²) in [6, 6.07) is 6.60. The Kier molecular flexibility index (Phi) is 6.83. The first kappa shape index (κ1) is 27.3. The molecule has 7 nitrogen and oxygen atoms in total. The summed E-state index contributed by atoms with van der Waals surface area (Å²) in [7, 11) is -4.35. The number of nitrogens with zero attached hydrogens (tertiary/aromatic N) is 2. The number of anilines is 1. The summed E-state index contributed by atoms with van der Waals surface area (Å²) < 4.78 is 82.3. The maximum Gasteiger partial charge on any atom is 0.421 e. The Bertz CT molecular complexity index is 1290. The summed E-state index contributed by atoms with van der Waals surface area (Å²) in [5.41, 5.74) is -4.28. The normalized spacial score (nSPS) is 24.1. The number of amides is 1. The molecule has 2 aromatic carbocycles. The molecule has 1 amide bonds. The average Bonchev–Trinajstić information content (AvgIpc) is 3.17. The maximum absolute atomic E-state index is 13.7. The zero-order valence-electron chi connectivity index (χ0n) is 20.3. The van der Waals surface area contributed by atoms with Crippen molar-refractivity contribution in [3.05, 3.63) is 59.4 Å². The Morgan fingerprint density at radius 1 is 1.16 bits per heavy atom. The van der Waals surface area contributed by atoms with Gasteiger partial charge in [-0.05, 0) is 74.6 Å². The van der Waals surface area contributed by atoms with Crippen LogP contribution >= 0.6 is 0 Å². The molecule has 3 atom stereocenters. The highest BCUT2D eigenvalue weighted by Gasteiger charge is 2.51. The number of carbonyl (C=O) groups excluding carboxylic acids is 1. The third-order valence-corrected chi connectivity index (χ3v) is 8.98. The van der Waals surface area contributed by atoms with Crippen LogP contribution in [-0.2, 0) is 26.8 Å². The van der Waals surface area contributed by atoms with Crippen LogP contribution in [0.1, 0.15) is 44.2 Å². The first-order valence-corrected chi connectivity index (χ1v) is 13.2. The highest BCUT2D eigenvalue weighted by molar-refractivity contribution is 7.92. The number of sulfonamides is 1. The first-order chi connectivity index (χ1) is 17.0. The largest absolute Gasteiger partial charge is 0.421 e. The number of fused-ring (bicyclic) bond motifs is 1. The number of aliphatic hydroxyl groups is 2. The zero-order valence-corrected chi connectivity index (χ0v) is 21.1. The summed E-state index contributed by atoms with van der Waals surface area (Å²) in [4.78, 5) is 14.3. The molecule has 0 aromatic heterocycles. The number of alkyl halides is 3. The van der Waals surface area contributed by atoms with E-state index in [1.165, 1.54) is 11.0 Å². The number of hydrogen-bond donors (Lipinski definition) is 2. The molecule has 2 unspecified atom stereocenters. The topological polar surface area (TPSA) is 98.1 Å². The maximum atomic E-state index is 13.7. The number of hydrogen-bond acceptors (Lipinski definition) is 5. The summed E-state index contributed by atoms with van der Waals surface area (Å²) >= 11 is 0. The number of benzene rings is 2. The number of rotatable bonds is 5. The Morgan fingerprint density at radius 2 is 1.81 bits per heavy atom. The van der Waals surface area contributed by atoms with Crippen LogP contribution in [-0.4, -0.2) is 60.3 Å². The van der Waals surface area contributed by atoms with Gasteiger partial charge in [0.25, 0.3) is 10.0 Å². The van der Waals surface area contributed by atoms with E-state index in [4.69, 9.17) is 0 Å². The van der Waals surface area contributed by atoms with Crippen molar-refractivity contribution in [2.75, 3.05) is 17.4 Å². The van der Waals surface area contributed by atoms with Crippen molar-refractivity contribution < 1.29 is 41.0 Å². The third-order valence-electron chi connectivity index (χ3n) is 7.09. The van der Waals surface area contributed by atoms with Gasteiger partial charge in [-0.3, -0.25) is 9.10 Å². The average molecular weight is 545 g/mol. The highest BCUT2D eigenvalue weighted by atomic mass is 32.2. The molecule has 0 spiro atoms. The van der Waals surface area contributed by atoms with E-state index in [9.17, 15) is 41.0 Å². The predicted molar refractivity (Wildman–Crippen MR) is 127 cm³/mol. The molecule has 4 rings (SSSR count). The minimum atomic E-state index is -4.96. The van der Waals surface area contributed by atoms with Gasteiger partial charge < -0.3 is 15.1 Å². The van der Waals surface area contributed by atoms with Crippen LogP contribution in [0.15, 0.2) is 47.4 Å². The summed E-state index contributed by atoms with van der Waals surface area (Å²) in [6.07, 6.45) is -4.49. The molecule has 202 valence electrons. The molecule has 1 fully saturated rings. The monoisotopic (exact) mass is 544 g/mol. The molecule has 2 heterocycles. The Hall–Kier alpha value is -2.70. The summed E-state index contributed by atoms with van der Waals surface area (Å²) in [5, 5.41) is 20.3. The first-order valence-electron chi connectivity index (χ1n) is 11.8. The molecule has 12 heteroatoms. The van der Waals surface area contributed by atoms with Crippen LogP contribution in [0.2, 0.25) is 0 Å². The lowest BCUT2D eigenvalue weighted by molar-refractivity contribution is -0.258. The Balaban J connectivity index is 1.75. The van der Waals surface area contributed by atoms with Crippen LogP contribution in [0, 0.1) is 5.82 Å². The van der Waals surface area contributed by atoms with Crippen molar-refractivity contribution in [2.45, 2.75) is 67.8 Å². The van der Waals surface area contributed by atoms with Gasteiger partial charge in [0.1, 0.15) is 5.82 Å². The molecule has 2 N–H and O–H groups in total. The van der Waals surface area contributed by atoms with Crippen molar-refractivity contribution in [3.63, 3.8) is 0 Å². The van der Waals surface area contributed by atoms with Crippen LogP contribution in [0.3, 0.4) is 0 Å². The quantitative estimate of drug-likeness (QED) is 0.562. The van der Waals surface area contributed by atoms with Crippen LogP contribution in [0.4, 0.5) is 23.2 Å². The van der Waals surface area contributed by atoms with E-state index in [1.54, 1.807) is 6.92 Å². The van der Waals surface area contributed by atoms with Gasteiger partial charge in [0, 0.05) is 19.5 Å². The van der Waals surface area contributed by atoms with Crippen molar-refractivity contribution in [1.82, 2.24) is 4.90 Å². The van der Waals surface area contributed by atoms with E-state index in [0.717, 1.165) is 40.7 Å². The van der Waals surface area contributed by atoms with E-state index >= 15 is 0 Å². The summed E-state index contributed by atoms with van der Waals surface area (Å²) in [6.45, 7) is 2.65. The third kappa shape index (κ3) is 5.19. The number of carbonyl (C=O) groups is 1. The standard InChI is InChI=1S/C25H28F4N2O5S/c1-23(33)11-12-30(15-23)22(32)14-19-7-3-16-13-17(24(2,34)25(27,28)29)4-10-21(16)31(19)37(35,36)20-8-5-18(26)6-9-20/h4-6,8-10,13,19,33-34H,3,7,11-12,14-15H2,1-2H3/t19-,23?,24?/m0/s1.